The molecule has 4 nitrogen and oxygen atoms in total. The first kappa shape index (κ1) is 31.4. The smallest absolute Gasteiger partial charge is 0.250 e. The van der Waals surface area contributed by atoms with Gasteiger partial charge in [-0.25, -0.2) is 0 Å². The highest BCUT2D eigenvalue weighted by atomic mass is 14.9. The molecule has 0 saturated heterocycles. The zero-order valence-corrected chi connectivity index (χ0v) is 29.2. The zero-order chi connectivity index (χ0) is 35.8. The highest BCUT2D eigenvalue weighted by Gasteiger charge is 2.23. The van der Waals surface area contributed by atoms with Crippen LogP contribution in [0.1, 0.15) is 11.4 Å². The largest absolute Gasteiger partial charge is 0.265 e. The lowest BCUT2D eigenvalue weighted by molar-refractivity contribution is 1.17. The summed E-state index contributed by atoms with van der Waals surface area (Å²) in [5.41, 5.74) is 12.4. The maximum absolute atomic E-state index is 5.38. The number of fused-ring (bicyclic) bond motifs is 3. The molecule has 10 rings (SSSR count). The van der Waals surface area contributed by atoms with Gasteiger partial charge in [0.2, 0.25) is 5.82 Å². The van der Waals surface area contributed by atoms with Gasteiger partial charge in [0.15, 0.2) is 5.57 Å². The Morgan fingerprint density at radius 1 is 0.407 bits per heavy atom. The number of aromatic nitrogens is 4. The van der Waals surface area contributed by atoms with E-state index in [0.717, 1.165) is 72.3 Å². The quantitative estimate of drug-likeness (QED) is 0.163. The van der Waals surface area contributed by atoms with Crippen LogP contribution in [0.15, 0.2) is 189 Å². The van der Waals surface area contributed by atoms with Crippen LogP contribution in [0.25, 0.3) is 88.2 Å². The molecule has 54 heavy (non-hydrogen) atoms. The first-order chi connectivity index (χ1) is 26.7. The Balaban J connectivity index is 1.22. The Kier molecular flexibility index (Phi) is 7.72. The van der Waals surface area contributed by atoms with E-state index in [-0.39, 0.29) is 0 Å². The summed E-state index contributed by atoms with van der Waals surface area (Å²) in [5.74, 6) is 0.623. The minimum absolute atomic E-state index is 0.623. The summed E-state index contributed by atoms with van der Waals surface area (Å²) in [6, 6.07) is 51.7. The summed E-state index contributed by atoms with van der Waals surface area (Å²) >= 11 is 0. The lowest BCUT2D eigenvalue weighted by Crippen LogP contribution is -2.01. The fourth-order valence-electron chi connectivity index (χ4n) is 7.34. The van der Waals surface area contributed by atoms with Crippen LogP contribution in [0.3, 0.4) is 0 Å². The third-order valence-electron chi connectivity index (χ3n) is 10.2. The van der Waals surface area contributed by atoms with Crippen molar-refractivity contribution in [2.24, 2.45) is 0 Å². The minimum Gasteiger partial charge on any atom is -0.265 e. The molecule has 0 amide bonds. The van der Waals surface area contributed by atoms with E-state index in [9.17, 15) is 0 Å². The highest BCUT2D eigenvalue weighted by molar-refractivity contribution is 6.06. The van der Waals surface area contributed by atoms with Gasteiger partial charge in [-0.15, -0.1) is 0 Å². The van der Waals surface area contributed by atoms with Gasteiger partial charge in [-0.2, -0.15) is 9.97 Å². The molecule has 3 heterocycles. The van der Waals surface area contributed by atoms with Crippen molar-refractivity contribution in [3.8, 4) is 44.6 Å². The topological polar surface area (TPSA) is 51.6 Å². The second kappa shape index (κ2) is 13.3. The standard InChI is InChI=1S/C50H31N4/c1-3-7-41-29-43(19-13-33(41)5-1)45-31-46(44-20-14-34-6-2-4-8-42(34)30-44)49-47(32-45)48(39-15-9-35(10-16-39)37-21-25-51-26-22-37)53-50(54-49)40-17-11-36(12-18-40)38-23-27-52-28-24-38/h1-17,19-32H/q+1. The van der Waals surface area contributed by atoms with Gasteiger partial charge < -0.3 is 0 Å². The van der Waals surface area contributed by atoms with Crippen molar-refractivity contribution in [3.05, 3.63) is 206 Å². The average Bonchev–Trinajstić information content (AvgIpc) is 3.26. The van der Waals surface area contributed by atoms with E-state index in [1.54, 1.807) is 0 Å². The number of benzene rings is 6. The Labute approximate surface area is 313 Å². The predicted octanol–water partition coefficient (Wildman–Crippen LogP) is 12.2. The van der Waals surface area contributed by atoms with Gasteiger partial charge in [0.25, 0.3) is 0 Å². The Bertz CT molecular complexity index is 2960. The predicted molar refractivity (Wildman–Crippen MR) is 222 cm³/mol. The van der Waals surface area contributed by atoms with Gasteiger partial charge in [0.1, 0.15) is 0 Å². The van der Waals surface area contributed by atoms with E-state index >= 15 is 0 Å². The lowest BCUT2D eigenvalue weighted by atomic mass is 9.91. The van der Waals surface area contributed by atoms with E-state index < -0.39 is 0 Å². The van der Waals surface area contributed by atoms with Gasteiger partial charge >= 0.3 is 0 Å². The molecule has 9 aromatic rings. The molecular formula is C50H31N4+. The molecule has 0 spiro atoms. The summed E-state index contributed by atoms with van der Waals surface area (Å²) < 4.78 is 0. The Morgan fingerprint density at radius 2 is 0.981 bits per heavy atom. The number of allylic oxidation sites excluding steroid dienone is 6. The van der Waals surface area contributed by atoms with Crippen molar-refractivity contribution in [2.45, 2.75) is 0 Å². The van der Waals surface area contributed by atoms with E-state index in [0.29, 0.717) is 5.82 Å². The van der Waals surface area contributed by atoms with Crippen LogP contribution < -0.4 is 0 Å². The summed E-state index contributed by atoms with van der Waals surface area (Å²) in [6.45, 7) is 0. The van der Waals surface area contributed by atoms with Crippen LogP contribution in [0.4, 0.5) is 0 Å². The molecule has 0 fully saturated rings. The van der Waals surface area contributed by atoms with Crippen molar-refractivity contribution in [1.29, 1.82) is 0 Å². The van der Waals surface area contributed by atoms with Gasteiger partial charge in [0, 0.05) is 65.1 Å². The molecule has 3 aromatic heterocycles. The first-order valence-corrected chi connectivity index (χ1v) is 18.0. The van der Waals surface area contributed by atoms with Crippen LogP contribution in [-0.2, 0) is 0 Å². The molecule has 1 aliphatic rings. The molecule has 4 heteroatoms. The summed E-state index contributed by atoms with van der Waals surface area (Å²) in [4.78, 5) is 19.1. The van der Waals surface area contributed by atoms with Gasteiger partial charge in [-0.3, -0.25) is 9.97 Å². The molecule has 6 aromatic carbocycles. The third-order valence-corrected chi connectivity index (χ3v) is 10.2. The lowest BCUT2D eigenvalue weighted by Gasteiger charge is -2.15. The fourth-order valence-corrected chi connectivity index (χ4v) is 7.34. The molecule has 250 valence electrons. The van der Waals surface area contributed by atoms with Crippen LogP contribution in [0, 0.1) is 6.08 Å². The third kappa shape index (κ3) is 5.83. The Morgan fingerprint density at radius 3 is 1.65 bits per heavy atom. The molecule has 0 bridgehead atoms. The Hall–Kier alpha value is -7.39. The molecule has 0 atom stereocenters. The van der Waals surface area contributed by atoms with Crippen molar-refractivity contribution >= 4 is 43.6 Å². The van der Waals surface area contributed by atoms with Gasteiger partial charge in [-0.1, -0.05) is 97.1 Å². The van der Waals surface area contributed by atoms with Crippen molar-refractivity contribution < 1.29 is 0 Å². The fraction of sp³-hybridized carbons (Fsp3) is 0. The van der Waals surface area contributed by atoms with Crippen LogP contribution >= 0.6 is 0 Å². The second-order valence-electron chi connectivity index (χ2n) is 13.5. The van der Waals surface area contributed by atoms with Crippen molar-refractivity contribution in [1.82, 2.24) is 19.9 Å². The number of pyridine rings is 2. The minimum atomic E-state index is 0.623. The van der Waals surface area contributed by atoms with Crippen LogP contribution in [0.2, 0.25) is 0 Å². The number of hydrogen-bond acceptors (Lipinski definition) is 4. The zero-order valence-electron chi connectivity index (χ0n) is 29.2. The number of rotatable bonds is 6. The van der Waals surface area contributed by atoms with Crippen LogP contribution in [0.5, 0.6) is 0 Å². The molecule has 0 unspecified atom stereocenters. The normalized spacial score (nSPS) is 12.4. The monoisotopic (exact) mass is 687 g/mol. The second-order valence-corrected chi connectivity index (χ2v) is 13.5. The molecule has 0 saturated carbocycles. The highest BCUT2D eigenvalue weighted by Crippen LogP contribution is 2.40. The number of nitrogens with zero attached hydrogens (tertiary/aromatic N) is 4. The van der Waals surface area contributed by atoms with Crippen LogP contribution in [-0.4, -0.2) is 19.9 Å². The molecular weight excluding hydrogens is 657 g/mol. The van der Waals surface area contributed by atoms with Gasteiger partial charge in [0.05, 0.1) is 22.9 Å². The summed E-state index contributed by atoms with van der Waals surface area (Å²) in [5, 5.41) is 5.78. The maximum Gasteiger partial charge on any atom is 0.250 e. The SMILES string of the molecule is [C+]1=C(c2nc(-c3ccc(-c4ccncc4)cc3)c3cc(-c4ccc5ccccc5c4)cc(-c4ccc5ccccc5c4)c3n2)C=CC(c2ccncc2)=C1. The van der Waals surface area contributed by atoms with Crippen molar-refractivity contribution in [3.63, 3.8) is 0 Å². The van der Waals surface area contributed by atoms with E-state index in [4.69, 9.17) is 9.97 Å². The molecule has 0 aliphatic heterocycles. The number of hydrogen-bond donors (Lipinski definition) is 0. The molecule has 0 N–H and O–H groups in total. The van der Waals surface area contributed by atoms with E-state index in [2.05, 4.69) is 150 Å². The average molecular weight is 688 g/mol. The summed E-state index contributed by atoms with van der Waals surface area (Å²) in [6.07, 6.45) is 17.0. The maximum atomic E-state index is 5.38. The van der Waals surface area contributed by atoms with E-state index in [1.807, 2.05) is 55.1 Å². The molecule has 0 radical (unpaired) electrons. The first-order valence-electron chi connectivity index (χ1n) is 18.0. The van der Waals surface area contributed by atoms with Gasteiger partial charge in [-0.05, 0) is 97.9 Å². The molecule has 1 aliphatic carbocycles. The van der Waals surface area contributed by atoms with Crippen molar-refractivity contribution in [2.75, 3.05) is 0 Å². The summed E-state index contributed by atoms with van der Waals surface area (Å²) in [7, 11) is 0. The van der Waals surface area contributed by atoms with E-state index in [1.165, 1.54) is 21.5 Å².